The van der Waals surface area contributed by atoms with Crippen molar-refractivity contribution in [3.63, 3.8) is 0 Å². The van der Waals surface area contributed by atoms with E-state index in [0.29, 0.717) is 0 Å². The zero-order valence-electron chi connectivity index (χ0n) is 19.9. The highest BCUT2D eigenvalue weighted by atomic mass is 31.2. The first-order valence-corrected chi connectivity index (χ1v) is 12.4. The lowest BCUT2D eigenvalue weighted by Crippen LogP contribution is -2.45. The van der Waals surface area contributed by atoms with Crippen LogP contribution in [0.4, 0.5) is 5.82 Å². The average molecular weight is 539 g/mol. The second-order valence-corrected chi connectivity index (χ2v) is 9.85. The van der Waals surface area contributed by atoms with Gasteiger partial charge in [0.1, 0.15) is 30.3 Å². The van der Waals surface area contributed by atoms with Crippen molar-refractivity contribution in [2.45, 2.75) is 31.1 Å². The van der Waals surface area contributed by atoms with Crippen LogP contribution in [0.25, 0.3) is 10.4 Å². The molecule has 1 fully saturated rings. The molecule has 1 aromatic heterocycles. The van der Waals surface area contributed by atoms with Crippen LogP contribution in [0.2, 0.25) is 0 Å². The number of nitrogens with two attached hydrogens (primary N) is 1. The SMILES string of the molecule is CCOC(=O)CN(C)P(=O)(OCC1(N=[N+]=[N-])O[C@@H](n2ccc(N)nc2=O)[C@H](O)[C@@H]1O)Oc1ccccc1. The molecule has 0 radical (unpaired) electrons. The number of rotatable bonds is 11. The van der Waals surface area contributed by atoms with Gasteiger partial charge in [-0.1, -0.05) is 23.3 Å². The Morgan fingerprint density at radius 1 is 1.38 bits per heavy atom. The molecule has 4 N–H and O–H groups in total. The van der Waals surface area contributed by atoms with Gasteiger partial charge in [0, 0.05) is 11.1 Å². The number of carbonyl (C=O) groups excluding carboxylic acids is 1. The summed E-state index contributed by atoms with van der Waals surface area (Å²) < 4.78 is 37.2. The van der Waals surface area contributed by atoms with Crippen molar-refractivity contribution in [3.05, 3.63) is 63.5 Å². The molecule has 1 aromatic carbocycles. The molecule has 0 spiro atoms. The second kappa shape index (κ2) is 11.7. The maximum absolute atomic E-state index is 13.8. The third-order valence-electron chi connectivity index (χ3n) is 5.22. The van der Waals surface area contributed by atoms with E-state index >= 15 is 0 Å². The van der Waals surface area contributed by atoms with E-state index in [1.54, 1.807) is 25.1 Å². The van der Waals surface area contributed by atoms with Crippen molar-refractivity contribution in [1.29, 1.82) is 0 Å². The number of carbonyl (C=O) groups is 1. The zero-order chi connectivity index (χ0) is 27.2. The van der Waals surface area contributed by atoms with Gasteiger partial charge >= 0.3 is 19.4 Å². The van der Waals surface area contributed by atoms with E-state index in [-0.39, 0.29) is 18.2 Å². The molecule has 0 bridgehead atoms. The standard InChI is InChI=1S/C20H26N7O9P/c1-3-33-15(28)11-26(2)37(32,36-13-7-5-4-6-8-13)34-12-20(24-25-22)17(30)16(29)18(35-20)27-10-9-14(21)23-19(27)31/h4-10,16-18,29-30H,3,11-12H2,1-2H3,(H2,21,23,31)/t16-,17+,18-,20?,37?/m1/s1. The van der Waals surface area contributed by atoms with E-state index < -0.39 is 56.7 Å². The van der Waals surface area contributed by atoms with Gasteiger partial charge in [-0.3, -0.25) is 13.9 Å². The van der Waals surface area contributed by atoms with Gasteiger partial charge in [-0.2, -0.15) is 9.65 Å². The summed E-state index contributed by atoms with van der Waals surface area (Å²) in [6.45, 7) is 0.254. The van der Waals surface area contributed by atoms with Gasteiger partial charge in [0.15, 0.2) is 6.23 Å². The molecule has 1 saturated heterocycles. The Kier molecular flexibility index (Phi) is 8.89. The summed E-state index contributed by atoms with van der Waals surface area (Å²) in [7, 11) is -3.14. The van der Waals surface area contributed by atoms with Crippen LogP contribution in [-0.4, -0.2) is 75.1 Å². The minimum absolute atomic E-state index is 0.0794. The summed E-state index contributed by atoms with van der Waals surface area (Å²) in [5.74, 6) is -0.703. The topological polar surface area (TPSA) is 224 Å². The maximum Gasteiger partial charge on any atom is 0.461 e. The fourth-order valence-corrected chi connectivity index (χ4v) is 4.80. The molecule has 37 heavy (non-hydrogen) atoms. The quantitative estimate of drug-likeness (QED) is 0.118. The molecule has 0 amide bonds. The van der Waals surface area contributed by atoms with E-state index in [2.05, 4.69) is 15.0 Å². The molecular formula is C20H26N7O9P. The number of para-hydroxylation sites is 1. The van der Waals surface area contributed by atoms with Crippen LogP contribution in [0, 0.1) is 0 Å². The average Bonchev–Trinajstić information content (AvgIpc) is 3.09. The molecule has 0 saturated carbocycles. The zero-order valence-corrected chi connectivity index (χ0v) is 20.7. The first-order valence-electron chi connectivity index (χ1n) is 10.9. The number of hydrogen-bond acceptors (Lipinski definition) is 12. The van der Waals surface area contributed by atoms with Crippen molar-refractivity contribution < 1.29 is 38.1 Å². The van der Waals surface area contributed by atoms with Crippen molar-refractivity contribution in [3.8, 4) is 5.75 Å². The number of nitrogen functional groups attached to an aromatic ring is 1. The monoisotopic (exact) mass is 539 g/mol. The summed E-state index contributed by atoms with van der Waals surface area (Å²) in [5, 5.41) is 24.8. The Bertz CT molecular complexity index is 1260. The summed E-state index contributed by atoms with van der Waals surface area (Å²) in [6.07, 6.45) is -4.16. The lowest BCUT2D eigenvalue weighted by Gasteiger charge is -2.31. The van der Waals surface area contributed by atoms with Crippen LogP contribution in [0.5, 0.6) is 5.75 Å². The molecule has 17 heteroatoms. The summed E-state index contributed by atoms with van der Waals surface area (Å²) in [5.41, 5.74) is 11.4. The van der Waals surface area contributed by atoms with Crippen LogP contribution in [-0.2, 0) is 23.4 Å². The van der Waals surface area contributed by atoms with E-state index in [1.165, 1.54) is 25.2 Å². The Morgan fingerprint density at radius 2 is 2.08 bits per heavy atom. The first-order chi connectivity index (χ1) is 17.5. The molecule has 16 nitrogen and oxygen atoms in total. The van der Waals surface area contributed by atoms with Gasteiger partial charge in [-0.15, -0.1) is 0 Å². The second-order valence-electron chi connectivity index (χ2n) is 7.79. The highest BCUT2D eigenvalue weighted by Gasteiger charge is 2.56. The lowest BCUT2D eigenvalue weighted by molar-refractivity contribution is -0.143. The molecule has 0 aliphatic carbocycles. The summed E-state index contributed by atoms with van der Waals surface area (Å²) >= 11 is 0. The lowest BCUT2D eigenvalue weighted by atomic mass is 10.1. The number of azide groups is 1. The molecule has 2 aromatic rings. The normalized spacial score (nSPS) is 24.7. The predicted molar refractivity (Wildman–Crippen MR) is 127 cm³/mol. The number of likely N-dealkylation sites (N-methyl/N-ethyl adjacent to an activating group) is 1. The minimum atomic E-state index is -4.40. The number of ether oxygens (including phenoxy) is 2. The maximum atomic E-state index is 13.8. The molecule has 1 aliphatic heterocycles. The number of aliphatic hydroxyl groups excluding tert-OH is 2. The highest BCUT2D eigenvalue weighted by Crippen LogP contribution is 2.52. The predicted octanol–water partition coefficient (Wildman–Crippen LogP) is 0.781. The molecule has 5 atom stereocenters. The Labute approximate surface area is 210 Å². The van der Waals surface area contributed by atoms with Gasteiger partial charge in [-0.05, 0) is 37.7 Å². The molecule has 1 aliphatic rings. The summed E-state index contributed by atoms with van der Waals surface area (Å²) in [4.78, 5) is 30.5. The number of nitrogens with zero attached hydrogens (tertiary/aromatic N) is 6. The molecule has 2 unspecified atom stereocenters. The number of anilines is 1. The van der Waals surface area contributed by atoms with Gasteiger partial charge in [0.25, 0.3) is 0 Å². The third kappa shape index (κ3) is 6.26. The van der Waals surface area contributed by atoms with Crippen molar-refractivity contribution in [2.75, 3.05) is 32.5 Å². The van der Waals surface area contributed by atoms with Crippen LogP contribution in [0.15, 0.2) is 52.5 Å². The summed E-state index contributed by atoms with van der Waals surface area (Å²) in [6, 6.07) is 9.12. The van der Waals surface area contributed by atoms with Crippen LogP contribution < -0.4 is 15.9 Å². The molecule has 2 heterocycles. The number of hydrogen-bond donors (Lipinski definition) is 3. The van der Waals surface area contributed by atoms with Gasteiger partial charge in [-0.25, -0.2) is 9.36 Å². The van der Waals surface area contributed by atoms with Crippen LogP contribution in [0.1, 0.15) is 13.2 Å². The number of aromatic nitrogens is 2. The highest BCUT2D eigenvalue weighted by molar-refractivity contribution is 7.51. The first kappa shape index (κ1) is 28.1. The molecule has 200 valence electrons. The Hall–Kier alpha value is -3.49. The smallest absolute Gasteiger partial charge is 0.461 e. The van der Waals surface area contributed by atoms with Crippen LogP contribution in [0.3, 0.4) is 0 Å². The fraction of sp³-hybridized carbons (Fsp3) is 0.450. The van der Waals surface area contributed by atoms with Crippen molar-refractivity contribution >= 4 is 19.5 Å². The third-order valence-corrected chi connectivity index (χ3v) is 7.10. The van der Waals surface area contributed by atoms with Gasteiger partial charge in [0.2, 0.25) is 5.72 Å². The van der Waals surface area contributed by atoms with Gasteiger partial charge in [0.05, 0.1) is 13.2 Å². The fourth-order valence-electron chi connectivity index (χ4n) is 3.38. The Morgan fingerprint density at radius 3 is 2.70 bits per heavy atom. The van der Waals surface area contributed by atoms with E-state index in [9.17, 15) is 24.4 Å². The molecule has 3 rings (SSSR count). The van der Waals surface area contributed by atoms with Crippen molar-refractivity contribution in [2.24, 2.45) is 5.11 Å². The van der Waals surface area contributed by atoms with Crippen LogP contribution >= 0.6 is 7.75 Å². The number of benzene rings is 1. The van der Waals surface area contributed by atoms with Gasteiger partial charge < -0.3 is 29.9 Å². The Balaban J connectivity index is 1.92. The number of esters is 1. The largest absolute Gasteiger partial charge is 0.465 e. The minimum Gasteiger partial charge on any atom is -0.465 e. The number of aliphatic hydroxyl groups is 2. The van der Waals surface area contributed by atoms with E-state index in [0.717, 1.165) is 15.4 Å². The molecular weight excluding hydrogens is 513 g/mol. The van der Waals surface area contributed by atoms with Crippen molar-refractivity contribution in [1.82, 2.24) is 14.2 Å². The van der Waals surface area contributed by atoms with E-state index in [1.807, 2.05) is 0 Å². The van der Waals surface area contributed by atoms with E-state index in [4.69, 9.17) is 29.8 Å².